The molecule has 0 saturated carbocycles. The summed E-state index contributed by atoms with van der Waals surface area (Å²) in [6.07, 6.45) is 2.38. The Kier molecular flexibility index (Phi) is 10.0. The van der Waals surface area contributed by atoms with Gasteiger partial charge in [-0.1, -0.05) is 38.1 Å². The number of nitrogens with two attached hydrogens (primary N) is 1. The summed E-state index contributed by atoms with van der Waals surface area (Å²) < 4.78 is 11.4. The highest BCUT2D eigenvalue weighted by Crippen LogP contribution is 2.31. The SMILES string of the molecule is CCNC(=O)NC1=Nc2cc(OCCC(C(N)=O)N3CCCc4ccccc43)ccc2CN1CC(=O)OCC(C)C. The van der Waals surface area contributed by atoms with Crippen molar-refractivity contribution in [1.82, 2.24) is 15.5 Å². The molecule has 1 atom stereocenters. The number of benzene rings is 2. The van der Waals surface area contributed by atoms with Gasteiger partial charge in [-0.25, -0.2) is 9.79 Å². The number of hydrogen-bond donors (Lipinski definition) is 3. The number of primary amides is 1. The van der Waals surface area contributed by atoms with E-state index in [2.05, 4.69) is 26.6 Å². The Bertz CT molecular complexity index is 1280. The highest BCUT2D eigenvalue weighted by molar-refractivity contribution is 5.99. The number of para-hydroxylation sites is 1. The van der Waals surface area contributed by atoms with E-state index in [4.69, 9.17) is 15.2 Å². The number of aryl methyl sites for hydroxylation is 1. The Morgan fingerprint density at radius 2 is 1.93 bits per heavy atom. The van der Waals surface area contributed by atoms with E-state index in [1.807, 2.05) is 51.1 Å². The van der Waals surface area contributed by atoms with Crippen LogP contribution in [0, 0.1) is 5.92 Å². The lowest BCUT2D eigenvalue weighted by Gasteiger charge is -2.36. The monoisotopic (exact) mass is 564 g/mol. The minimum Gasteiger partial charge on any atom is -0.493 e. The molecule has 2 aromatic rings. The van der Waals surface area contributed by atoms with Gasteiger partial charge in [-0.15, -0.1) is 0 Å². The van der Waals surface area contributed by atoms with Gasteiger partial charge in [0.2, 0.25) is 11.9 Å². The number of amides is 3. The van der Waals surface area contributed by atoms with E-state index < -0.39 is 18.0 Å². The summed E-state index contributed by atoms with van der Waals surface area (Å²) in [6.45, 7) is 7.87. The highest BCUT2D eigenvalue weighted by atomic mass is 16.5. The van der Waals surface area contributed by atoms with Crippen molar-refractivity contribution >= 4 is 35.2 Å². The molecule has 11 heteroatoms. The highest BCUT2D eigenvalue weighted by Gasteiger charge is 2.28. The van der Waals surface area contributed by atoms with Crippen LogP contribution in [0.25, 0.3) is 0 Å². The van der Waals surface area contributed by atoms with Gasteiger partial charge < -0.3 is 30.3 Å². The molecule has 1 unspecified atom stereocenters. The first-order valence-corrected chi connectivity index (χ1v) is 14.2. The van der Waals surface area contributed by atoms with Crippen molar-refractivity contribution in [2.45, 2.75) is 52.6 Å². The molecule has 0 radical (unpaired) electrons. The van der Waals surface area contributed by atoms with Gasteiger partial charge >= 0.3 is 12.0 Å². The molecule has 0 bridgehead atoms. The summed E-state index contributed by atoms with van der Waals surface area (Å²) in [5, 5.41) is 5.42. The Morgan fingerprint density at radius 3 is 2.68 bits per heavy atom. The van der Waals surface area contributed by atoms with Crippen molar-refractivity contribution in [3.8, 4) is 5.75 Å². The first kappa shape index (κ1) is 29.7. The number of carbonyl (C=O) groups is 3. The zero-order valence-electron chi connectivity index (χ0n) is 24.0. The van der Waals surface area contributed by atoms with Crippen LogP contribution in [-0.4, -0.2) is 67.7 Å². The number of nitrogens with one attached hydrogen (secondary N) is 2. The minimum atomic E-state index is -0.482. The fraction of sp³-hybridized carbons (Fsp3) is 0.467. The largest absolute Gasteiger partial charge is 0.493 e. The van der Waals surface area contributed by atoms with Gasteiger partial charge in [0.1, 0.15) is 18.3 Å². The summed E-state index contributed by atoms with van der Waals surface area (Å²) >= 11 is 0. The molecule has 2 aliphatic rings. The zero-order valence-corrected chi connectivity index (χ0v) is 24.0. The van der Waals surface area contributed by atoms with E-state index in [-0.39, 0.29) is 30.9 Å². The molecule has 2 aliphatic heterocycles. The second kappa shape index (κ2) is 13.9. The number of carbonyl (C=O) groups excluding carboxylic acids is 3. The van der Waals surface area contributed by atoms with E-state index in [9.17, 15) is 14.4 Å². The van der Waals surface area contributed by atoms with Crippen LogP contribution in [0.3, 0.4) is 0 Å². The van der Waals surface area contributed by atoms with Gasteiger partial charge in [-0.3, -0.25) is 14.9 Å². The van der Waals surface area contributed by atoms with E-state index in [1.54, 1.807) is 11.0 Å². The van der Waals surface area contributed by atoms with Crippen molar-refractivity contribution in [3.05, 3.63) is 53.6 Å². The molecular weight excluding hydrogens is 524 g/mol. The van der Waals surface area contributed by atoms with Gasteiger partial charge in [0.15, 0.2) is 0 Å². The summed E-state index contributed by atoms with van der Waals surface area (Å²) in [6, 6.07) is 12.7. The maximum Gasteiger partial charge on any atom is 0.325 e. The number of ether oxygens (including phenoxy) is 2. The molecule has 0 saturated heterocycles. The molecule has 0 aromatic heterocycles. The number of urea groups is 1. The average molecular weight is 565 g/mol. The zero-order chi connectivity index (χ0) is 29.4. The lowest BCUT2D eigenvalue weighted by atomic mass is 9.99. The van der Waals surface area contributed by atoms with Crippen molar-refractivity contribution < 1.29 is 23.9 Å². The third-order valence-corrected chi connectivity index (χ3v) is 6.91. The van der Waals surface area contributed by atoms with E-state index in [0.29, 0.717) is 37.6 Å². The van der Waals surface area contributed by atoms with Crippen molar-refractivity contribution in [3.63, 3.8) is 0 Å². The topological polar surface area (TPSA) is 139 Å². The molecule has 4 rings (SSSR count). The Labute approximate surface area is 241 Å². The van der Waals surface area contributed by atoms with Crippen LogP contribution in [0.4, 0.5) is 16.2 Å². The average Bonchev–Trinajstić information content (AvgIpc) is 2.94. The van der Waals surface area contributed by atoms with Crippen LogP contribution < -0.4 is 26.0 Å². The van der Waals surface area contributed by atoms with Crippen LogP contribution >= 0.6 is 0 Å². The summed E-state index contributed by atoms with van der Waals surface area (Å²) in [7, 11) is 0. The molecule has 0 fully saturated rings. The Hall–Kier alpha value is -4.28. The number of esters is 1. The van der Waals surface area contributed by atoms with Gasteiger partial charge in [-0.05, 0) is 48.9 Å². The first-order chi connectivity index (χ1) is 19.7. The number of aliphatic imine (C=N–C) groups is 1. The van der Waals surface area contributed by atoms with Gasteiger partial charge in [-0.2, -0.15) is 0 Å². The normalized spacial score (nSPS) is 14.9. The van der Waals surface area contributed by atoms with Crippen LogP contribution in [0.2, 0.25) is 0 Å². The number of nitrogens with zero attached hydrogens (tertiary/aromatic N) is 3. The van der Waals surface area contributed by atoms with Crippen molar-refractivity contribution in [2.24, 2.45) is 16.6 Å². The van der Waals surface area contributed by atoms with E-state index in [0.717, 1.165) is 30.6 Å². The number of fused-ring (bicyclic) bond motifs is 2. The van der Waals surface area contributed by atoms with Gasteiger partial charge in [0.25, 0.3) is 0 Å². The van der Waals surface area contributed by atoms with Crippen molar-refractivity contribution in [1.29, 1.82) is 0 Å². The van der Waals surface area contributed by atoms with E-state index in [1.165, 1.54) is 5.56 Å². The third-order valence-electron chi connectivity index (χ3n) is 6.91. The smallest absolute Gasteiger partial charge is 0.325 e. The molecule has 2 aromatic carbocycles. The van der Waals surface area contributed by atoms with Crippen LogP contribution in [0.5, 0.6) is 5.75 Å². The number of guanidine groups is 1. The lowest BCUT2D eigenvalue weighted by Crippen LogP contribution is -2.50. The third kappa shape index (κ3) is 7.90. The standard InChI is InChI=1S/C30H40N6O5/c1-4-32-30(39)34-29-33-24-16-23(12-11-22(24)17-35(29)18-27(37)41-19-20(2)3)40-15-13-26(28(31)38)36-14-7-9-21-8-5-6-10-25(21)36/h5-6,8,10-12,16,20,26H,4,7,9,13-15,17-19H2,1-3H3,(H2,31,38)(H2,32,33,34,39). The lowest BCUT2D eigenvalue weighted by molar-refractivity contribution is -0.145. The molecule has 0 aliphatic carbocycles. The summed E-state index contributed by atoms with van der Waals surface area (Å²) in [5.74, 6) is 0.271. The fourth-order valence-corrected chi connectivity index (χ4v) is 4.97. The number of anilines is 1. The first-order valence-electron chi connectivity index (χ1n) is 14.2. The number of hydrogen-bond acceptors (Lipinski definition) is 8. The summed E-state index contributed by atoms with van der Waals surface area (Å²) in [5.41, 5.74) is 9.59. The van der Waals surface area contributed by atoms with Gasteiger partial charge in [0.05, 0.1) is 18.9 Å². The Balaban J connectivity index is 1.44. The Morgan fingerprint density at radius 1 is 1.12 bits per heavy atom. The fourth-order valence-electron chi connectivity index (χ4n) is 4.97. The maximum atomic E-state index is 12.4. The van der Waals surface area contributed by atoms with Crippen molar-refractivity contribution in [2.75, 3.05) is 37.7 Å². The molecule has 0 spiro atoms. The molecule has 11 nitrogen and oxygen atoms in total. The molecule has 2 heterocycles. The quantitative estimate of drug-likeness (QED) is 0.357. The molecule has 220 valence electrons. The van der Waals surface area contributed by atoms with Crippen LogP contribution in [0.15, 0.2) is 47.5 Å². The van der Waals surface area contributed by atoms with Crippen LogP contribution in [-0.2, 0) is 27.3 Å². The molecular formula is C30H40N6O5. The second-order valence-corrected chi connectivity index (χ2v) is 10.6. The predicted octanol–water partition coefficient (Wildman–Crippen LogP) is 3.08. The summed E-state index contributed by atoms with van der Waals surface area (Å²) in [4.78, 5) is 45.5. The number of rotatable bonds is 11. The predicted molar refractivity (Wildman–Crippen MR) is 157 cm³/mol. The maximum absolute atomic E-state index is 12.4. The second-order valence-electron chi connectivity index (χ2n) is 10.6. The minimum absolute atomic E-state index is 0.0518. The molecule has 41 heavy (non-hydrogen) atoms. The molecule has 4 N–H and O–H groups in total. The molecule has 3 amide bonds. The van der Waals surface area contributed by atoms with Crippen LogP contribution in [0.1, 0.15) is 44.7 Å². The van der Waals surface area contributed by atoms with Gasteiger partial charge in [0, 0.05) is 37.8 Å². The van der Waals surface area contributed by atoms with E-state index >= 15 is 0 Å².